The molecule has 0 aromatic carbocycles. The minimum absolute atomic E-state index is 0.0686. The van der Waals surface area contributed by atoms with Gasteiger partial charge in [0.15, 0.2) is 0 Å². The molecule has 0 spiro atoms. The van der Waals surface area contributed by atoms with Crippen molar-refractivity contribution < 1.29 is 0 Å². The SMILES string of the molecule is CCCCCNc1cc(=O)n(CCCCC)[nH]1. The molecule has 0 amide bonds. The second kappa shape index (κ2) is 7.98. The van der Waals surface area contributed by atoms with Crippen molar-refractivity contribution in [3.05, 3.63) is 16.4 Å². The van der Waals surface area contributed by atoms with Crippen LogP contribution in [0.1, 0.15) is 52.4 Å². The van der Waals surface area contributed by atoms with Crippen LogP contribution in [0.25, 0.3) is 0 Å². The van der Waals surface area contributed by atoms with E-state index < -0.39 is 0 Å². The molecule has 1 heterocycles. The van der Waals surface area contributed by atoms with Crippen LogP contribution in [-0.2, 0) is 6.54 Å². The zero-order valence-electron chi connectivity index (χ0n) is 11.1. The molecule has 0 unspecified atom stereocenters. The number of H-pyrrole nitrogens is 1. The normalized spacial score (nSPS) is 10.7. The quantitative estimate of drug-likeness (QED) is 0.651. The van der Waals surface area contributed by atoms with Crippen molar-refractivity contribution in [2.75, 3.05) is 11.9 Å². The third-order valence-electron chi connectivity index (χ3n) is 2.87. The van der Waals surface area contributed by atoms with E-state index in [1.54, 1.807) is 10.7 Å². The monoisotopic (exact) mass is 239 g/mol. The van der Waals surface area contributed by atoms with Gasteiger partial charge in [-0.25, -0.2) is 0 Å². The van der Waals surface area contributed by atoms with Crippen LogP contribution in [0, 0.1) is 0 Å². The highest BCUT2D eigenvalue weighted by Crippen LogP contribution is 2.02. The van der Waals surface area contributed by atoms with E-state index in [1.165, 1.54) is 25.7 Å². The number of anilines is 1. The molecule has 0 aliphatic heterocycles. The smallest absolute Gasteiger partial charge is 0.268 e. The molecule has 1 rings (SSSR count). The van der Waals surface area contributed by atoms with Crippen molar-refractivity contribution >= 4 is 5.82 Å². The Morgan fingerprint density at radius 3 is 2.59 bits per heavy atom. The summed E-state index contributed by atoms with van der Waals surface area (Å²) in [6.45, 7) is 6.08. The van der Waals surface area contributed by atoms with Crippen molar-refractivity contribution in [1.29, 1.82) is 0 Å². The van der Waals surface area contributed by atoms with E-state index in [9.17, 15) is 4.79 Å². The third-order valence-corrected chi connectivity index (χ3v) is 2.87. The van der Waals surface area contributed by atoms with Crippen LogP contribution in [0.5, 0.6) is 0 Å². The number of nitrogens with one attached hydrogen (secondary N) is 2. The van der Waals surface area contributed by atoms with Gasteiger partial charge in [0.2, 0.25) is 0 Å². The zero-order valence-corrected chi connectivity index (χ0v) is 11.1. The average Bonchev–Trinajstić information content (AvgIpc) is 2.66. The fourth-order valence-corrected chi connectivity index (χ4v) is 1.81. The average molecular weight is 239 g/mol. The second-order valence-electron chi connectivity index (χ2n) is 4.50. The number of rotatable bonds is 9. The molecular formula is C13H25N3O. The van der Waals surface area contributed by atoms with Gasteiger partial charge in [-0.3, -0.25) is 14.6 Å². The van der Waals surface area contributed by atoms with Gasteiger partial charge in [-0.05, 0) is 12.8 Å². The van der Waals surface area contributed by atoms with Gasteiger partial charge in [0.05, 0.1) is 0 Å². The van der Waals surface area contributed by atoms with Gasteiger partial charge in [0, 0.05) is 19.2 Å². The van der Waals surface area contributed by atoms with Gasteiger partial charge in [-0.15, -0.1) is 0 Å². The first-order chi connectivity index (χ1) is 8.27. The maximum absolute atomic E-state index is 11.6. The van der Waals surface area contributed by atoms with Crippen molar-refractivity contribution in [3.8, 4) is 0 Å². The predicted molar refractivity (Wildman–Crippen MR) is 72.6 cm³/mol. The van der Waals surface area contributed by atoms with Crippen LogP contribution >= 0.6 is 0 Å². The molecule has 0 bridgehead atoms. The lowest BCUT2D eigenvalue weighted by Crippen LogP contribution is -2.15. The molecule has 17 heavy (non-hydrogen) atoms. The lowest BCUT2D eigenvalue weighted by Gasteiger charge is -2.03. The number of hydrogen-bond donors (Lipinski definition) is 2. The molecule has 4 nitrogen and oxygen atoms in total. The number of aromatic nitrogens is 2. The van der Waals surface area contributed by atoms with Crippen LogP contribution in [-0.4, -0.2) is 16.3 Å². The Kier molecular flexibility index (Phi) is 6.51. The first-order valence-electron chi connectivity index (χ1n) is 6.81. The van der Waals surface area contributed by atoms with Gasteiger partial charge >= 0.3 is 0 Å². The highest BCUT2D eigenvalue weighted by molar-refractivity contribution is 5.31. The lowest BCUT2D eigenvalue weighted by molar-refractivity contribution is 0.541. The van der Waals surface area contributed by atoms with Crippen LogP contribution in [0.2, 0.25) is 0 Å². The molecule has 0 radical (unpaired) electrons. The number of unbranched alkanes of at least 4 members (excludes halogenated alkanes) is 4. The fraction of sp³-hybridized carbons (Fsp3) is 0.769. The van der Waals surface area contributed by atoms with Crippen molar-refractivity contribution in [2.45, 2.75) is 58.9 Å². The number of nitrogens with zero attached hydrogens (tertiary/aromatic N) is 1. The molecule has 0 saturated carbocycles. The molecule has 1 aromatic heterocycles. The summed E-state index contributed by atoms with van der Waals surface area (Å²) < 4.78 is 1.69. The molecular weight excluding hydrogens is 214 g/mol. The minimum Gasteiger partial charge on any atom is -0.370 e. The van der Waals surface area contributed by atoms with E-state index in [2.05, 4.69) is 24.3 Å². The molecule has 0 aliphatic rings. The predicted octanol–water partition coefficient (Wildman–Crippen LogP) is 2.97. The van der Waals surface area contributed by atoms with Crippen LogP contribution in [0.4, 0.5) is 5.82 Å². The van der Waals surface area contributed by atoms with E-state index in [4.69, 9.17) is 0 Å². The lowest BCUT2D eigenvalue weighted by atomic mass is 10.2. The van der Waals surface area contributed by atoms with Gasteiger partial charge in [0.25, 0.3) is 5.56 Å². The summed E-state index contributed by atoms with van der Waals surface area (Å²) in [6, 6.07) is 1.65. The molecule has 1 aromatic rings. The van der Waals surface area contributed by atoms with Crippen molar-refractivity contribution in [3.63, 3.8) is 0 Å². The van der Waals surface area contributed by atoms with E-state index in [1.807, 2.05) is 0 Å². The Bertz CT molecular complexity index is 354. The fourth-order valence-electron chi connectivity index (χ4n) is 1.81. The molecule has 0 atom stereocenters. The summed E-state index contributed by atoms with van der Waals surface area (Å²) in [4.78, 5) is 11.6. The summed E-state index contributed by atoms with van der Waals surface area (Å²) in [7, 11) is 0. The Balaban J connectivity index is 2.36. The van der Waals surface area contributed by atoms with Gasteiger partial charge < -0.3 is 5.32 Å². The maximum Gasteiger partial charge on any atom is 0.268 e. The summed E-state index contributed by atoms with van der Waals surface area (Å²) in [5.41, 5.74) is 0.0686. The Morgan fingerprint density at radius 1 is 1.18 bits per heavy atom. The highest BCUT2D eigenvalue weighted by Gasteiger charge is 2.01. The van der Waals surface area contributed by atoms with E-state index in [0.29, 0.717) is 0 Å². The van der Waals surface area contributed by atoms with Gasteiger partial charge in [0.1, 0.15) is 5.82 Å². The molecule has 0 fully saturated rings. The summed E-state index contributed by atoms with van der Waals surface area (Å²) in [5, 5.41) is 6.37. The molecule has 2 N–H and O–H groups in total. The number of aryl methyl sites for hydroxylation is 1. The number of hydrogen-bond acceptors (Lipinski definition) is 2. The van der Waals surface area contributed by atoms with Crippen LogP contribution in [0.3, 0.4) is 0 Å². The number of aromatic amines is 1. The van der Waals surface area contributed by atoms with Gasteiger partial charge in [-0.1, -0.05) is 39.5 Å². The Labute approximate surface area is 103 Å². The summed E-state index contributed by atoms with van der Waals surface area (Å²) in [5.74, 6) is 0.850. The van der Waals surface area contributed by atoms with E-state index in [-0.39, 0.29) is 5.56 Å². The third kappa shape index (κ3) is 5.11. The van der Waals surface area contributed by atoms with Crippen LogP contribution < -0.4 is 10.9 Å². The van der Waals surface area contributed by atoms with Crippen molar-refractivity contribution in [1.82, 2.24) is 9.78 Å². The summed E-state index contributed by atoms with van der Waals surface area (Å²) >= 11 is 0. The first-order valence-corrected chi connectivity index (χ1v) is 6.81. The topological polar surface area (TPSA) is 49.8 Å². The standard InChI is InChI=1S/C13H25N3O/c1-3-5-7-9-14-12-11-13(17)16(15-12)10-8-6-4-2/h11,14-15H,3-10H2,1-2H3. The Hall–Kier alpha value is -1.19. The van der Waals surface area contributed by atoms with Crippen molar-refractivity contribution in [2.24, 2.45) is 0 Å². The van der Waals surface area contributed by atoms with E-state index >= 15 is 0 Å². The second-order valence-corrected chi connectivity index (χ2v) is 4.50. The molecule has 0 saturated heterocycles. The molecule has 98 valence electrons. The summed E-state index contributed by atoms with van der Waals surface area (Å²) in [6.07, 6.45) is 7.01. The van der Waals surface area contributed by atoms with Gasteiger partial charge in [-0.2, -0.15) is 0 Å². The van der Waals surface area contributed by atoms with E-state index in [0.717, 1.165) is 31.7 Å². The highest BCUT2D eigenvalue weighted by atomic mass is 16.1. The minimum atomic E-state index is 0.0686. The largest absolute Gasteiger partial charge is 0.370 e. The van der Waals surface area contributed by atoms with Crippen LogP contribution in [0.15, 0.2) is 10.9 Å². The first kappa shape index (κ1) is 13.9. The molecule has 0 aliphatic carbocycles. The maximum atomic E-state index is 11.6. The zero-order chi connectivity index (χ0) is 12.5. The Morgan fingerprint density at radius 2 is 1.88 bits per heavy atom. The molecule has 4 heteroatoms.